The van der Waals surface area contributed by atoms with E-state index in [1.807, 2.05) is 31.2 Å². The van der Waals surface area contributed by atoms with E-state index in [1.165, 1.54) is 13.0 Å². The maximum absolute atomic E-state index is 11.9. The minimum atomic E-state index is -0.914. The Bertz CT molecular complexity index is 661. The Morgan fingerprint density at radius 3 is 2.55 bits per heavy atom. The van der Waals surface area contributed by atoms with Gasteiger partial charge in [-0.25, -0.2) is 4.79 Å². The van der Waals surface area contributed by atoms with Crippen LogP contribution in [-0.2, 0) is 16.1 Å². The first-order chi connectivity index (χ1) is 10.5. The second kappa shape index (κ2) is 6.89. The zero-order valence-electron chi connectivity index (χ0n) is 12.8. The molecule has 22 heavy (non-hydrogen) atoms. The number of amides is 1. The number of hydrogen-bond acceptors (Lipinski definition) is 5. The van der Waals surface area contributed by atoms with E-state index in [2.05, 4.69) is 10.5 Å². The second-order valence-electron chi connectivity index (χ2n) is 5.08. The fourth-order valence-electron chi connectivity index (χ4n) is 1.77. The highest BCUT2D eigenvalue weighted by Gasteiger charge is 2.21. The monoisotopic (exact) mass is 302 g/mol. The van der Waals surface area contributed by atoms with Gasteiger partial charge in [-0.3, -0.25) is 4.79 Å². The van der Waals surface area contributed by atoms with Crippen LogP contribution in [0.25, 0.3) is 0 Å². The number of esters is 1. The summed E-state index contributed by atoms with van der Waals surface area (Å²) in [5.74, 6) is -1.10. The van der Waals surface area contributed by atoms with Crippen molar-refractivity contribution < 1.29 is 18.8 Å². The highest BCUT2D eigenvalue weighted by molar-refractivity contribution is 5.89. The highest BCUT2D eigenvalue weighted by atomic mass is 16.6. The minimum Gasteiger partial charge on any atom is -0.447 e. The first-order valence-corrected chi connectivity index (χ1v) is 6.93. The molecule has 1 aromatic heterocycles. The molecule has 0 saturated carbocycles. The normalized spacial score (nSPS) is 11.8. The van der Waals surface area contributed by atoms with Crippen molar-refractivity contribution in [3.8, 4) is 0 Å². The van der Waals surface area contributed by atoms with Crippen molar-refractivity contribution in [3.63, 3.8) is 0 Å². The van der Waals surface area contributed by atoms with E-state index < -0.39 is 12.1 Å². The van der Waals surface area contributed by atoms with Gasteiger partial charge in [0, 0.05) is 12.6 Å². The van der Waals surface area contributed by atoms with Gasteiger partial charge in [0.25, 0.3) is 5.91 Å². The molecule has 0 spiro atoms. The van der Waals surface area contributed by atoms with Crippen molar-refractivity contribution in [2.75, 3.05) is 0 Å². The van der Waals surface area contributed by atoms with Gasteiger partial charge < -0.3 is 14.6 Å². The summed E-state index contributed by atoms with van der Waals surface area (Å²) < 4.78 is 9.83. The molecule has 0 aliphatic carbocycles. The lowest BCUT2D eigenvalue weighted by atomic mass is 10.1. The van der Waals surface area contributed by atoms with Crippen LogP contribution in [0.5, 0.6) is 0 Å². The number of carbonyl (C=O) groups excluding carboxylic acids is 2. The third-order valence-electron chi connectivity index (χ3n) is 3.07. The number of rotatable bonds is 5. The zero-order chi connectivity index (χ0) is 16.1. The Kier molecular flexibility index (Phi) is 4.93. The third-order valence-corrected chi connectivity index (χ3v) is 3.07. The first kappa shape index (κ1) is 15.8. The van der Waals surface area contributed by atoms with Crippen molar-refractivity contribution in [2.24, 2.45) is 0 Å². The largest absolute Gasteiger partial charge is 0.447 e. The lowest BCUT2D eigenvalue weighted by Crippen LogP contribution is -2.35. The van der Waals surface area contributed by atoms with Crippen LogP contribution in [-0.4, -0.2) is 23.1 Å². The molecule has 0 bridgehead atoms. The number of aromatic nitrogens is 1. The smallest absolute Gasteiger partial charge is 0.377 e. The molecule has 6 nitrogen and oxygen atoms in total. The maximum atomic E-state index is 11.9. The van der Waals surface area contributed by atoms with Gasteiger partial charge in [-0.1, -0.05) is 35.0 Å². The minimum absolute atomic E-state index is 0.0179. The summed E-state index contributed by atoms with van der Waals surface area (Å²) >= 11 is 0. The molecule has 1 amide bonds. The molecule has 0 saturated heterocycles. The average molecular weight is 302 g/mol. The van der Waals surface area contributed by atoms with Crippen LogP contribution >= 0.6 is 0 Å². The SMILES string of the molecule is Cc1ccc(CNC(=O)C(C)OC(=O)c2cc(C)no2)cc1. The molecule has 2 rings (SSSR count). The van der Waals surface area contributed by atoms with Gasteiger partial charge in [-0.2, -0.15) is 0 Å². The summed E-state index contributed by atoms with van der Waals surface area (Å²) in [4.78, 5) is 23.7. The number of nitrogens with zero attached hydrogens (tertiary/aromatic N) is 1. The van der Waals surface area contributed by atoms with Gasteiger partial charge in [-0.05, 0) is 26.3 Å². The van der Waals surface area contributed by atoms with Crippen molar-refractivity contribution in [1.82, 2.24) is 10.5 Å². The standard InChI is InChI=1S/C16H18N2O4/c1-10-4-6-13(7-5-10)9-17-15(19)12(3)21-16(20)14-8-11(2)18-22-14/h4-8,12H,9H2,1-3H3,(H,17,19). The predicted octanol–water partition coefficient (Wildman–Crippen LogP) is 2.15. The van der Waals surface area contributed by atoms with E-state index in [1.54, 1.807) is 6.92 Å². The lowest BCUT2D eigenvalue weighted by molar-refractivity contribution is -0.129. The van der Waals surface area contributed by atoms with Crippen molar-refractivity contribution >= 4 is 11.9 Å². The summed E-state index contributed by atoms with van der Waals surface area (Å²) in [6.45, 7) is 5.57. The van der Waals surface area contributed by atoms with Gasteiger partial charge >= 0.3 is 5.97 Å². The molecule has 1 N–H and O–H groups in total. The lowest BCUT2D eigenvalue weighted by Gasteiger charge is -2.12. The number of ether oxygens (including phenoxy) is 1. The van der Waals surface area contributed by atoms with Gasteiger partial charge in [0.2, 0.25) is 5.76 Å². The third kappa shape index (κ3) is 4.18. The van der Waals surface area contributed by atoms with Crippen LogP contribution in [0.3, 0.4) is 0 Å². The van der Waals surface area contributed by atoms with Crippen molar-refractivity contribution in [1.29, 1.82) is 0 Å². The zero-order valence-corrected chi connectivity index (χ0v) is 12.8. The molecule has 1 atom stereocenters. The molecule has 0 fully saturated rings. The van der Waals surface area contributed by atoms with Crippen LogP contribution in [0.1, 0.15) is 34.3 Å². The Balaban J connectivity index is 1.84. The number of aryl methyl sites for hydroxylation is 2. The van der Waals surface area contributed by atoms with Crippen LogP contribution in [0.4, 0.5) is 0 Å². The quantitative estimate of drug-likeness (QED) is 0.856. The number of hydrogen-bond donors (Lipinski definition) is 1. The number of nitrogens with one attached hydrogen (secondary N) is 1. The summed E-state index contributed by atoms with van der Waals surface area (Å²) in [5, 5.41) is 6.31. The molecule has 0 radical (unpaired) electrons. The van der Waals surface area contributed by atoms with E-state index >= 15 is 0 Å². The number of benzene rings is 1. The van der Waals surface area contributed by atoms with E-state index in [9.17, 15) is 9.59 Å². The molecular weight excluding hydrogens is 284 g/mol. The van der Waals surface area contributed by atoms with Gasteiger partial charge in [0.1, 0.15) is 0 Å². The topological polar surface area (TPSA) is 81.4 Å². The predicted molar refractivity (Wildman–Crippen MR) is 79.1 cm³/mol. The molecule has 1 heterocycles. The molecule has 0 aliphatic heterocycles. The summed E-state index contributed by atoms with van der Waals surface area (Å²) in [6, 6.07) is 9.26. The molecule has 0 aliphatic rings. The first-order valence-electron chi connectivity index (χ1n) is 6.93. The summed E-state index contributed by atoms with van der Waals surface area (Å²) in [5.41, 5.74) is 2.70. The summed E-state index contributed by atoms with van der Waals surface area (Å²) in [7, 11) is 0. The van der Waals surface area contributed by atoms with E-state index in [-0.39, 0.29) is 11.7 Å². The molecule has 6 heteroatoms. The molecule has 1 aromatic carbocycles. The maximum Gasteiger partial charge on any atom is 0.377 e. The van der Waals surface area contributed by atoms with Crippen LogP contribution in [0.2, 0.25) is 0 Å². The Morgan fingerprint density at radius 2 is 1.95 bits per heavy atom. The van der Waals surface area contributed by atoms with E-state index in [0.717, 1.165) is 11.1 Å². The summed E-state index contributed by atoms with van der Waals surface area (Å²) in [6.07, 6.45) is -0.914. The number of carbonyl (C=O) groups is 2. The Hall–Kier alpha value is -2.63. The van der Waals surface area contributed by atoms with E-state index in [0.29, 0.717) is 12.2 Å². The van der Waals surface area contributed by atoms with Crippen molar-refractivity contribution in [2.45, 2.75) is 33.4 Å². The Labute approximate surface area is 128 Å². The van der Waals surface area contributed by atoms with Gasteiger partial charge in [0.05, 0.1) is 5.69 Å². The molecule has 1 unspecified atom stereocenters. The average Bonchev–Trinajstić information content (AvgIpc) is 2.93. The highest BCUT2D eigenvalue weighted by Crippen LogP contribution is 2.07. The Morgan fingerprint density at radius 1 is 1.27 bits per heavy atom. The van der Waals surface area contributed by atoms with Crippen LogP contribution in [0.15, 0.2) is 34.9 Å². The van der Waals surface area contributed by atoms with Crippen LogP contribution in [0, 0.1) is 13.8 Å². The van der Waals surface area contributed by atoms with Gasteiger partial charge in [0.15, 0.2) is 6.10 Å². The van der Waals surface area contributed by atoms with E-state index in [4.69, 9.17) is 9.26 Å². The van der Waals surface area contributed by atoms with Crippen LogP contribution < -0.4 is 5.32 Å². The fraction of sp³-hybridized carbons (Fsp3) is 0.312. The molecule has 116 valence electrons. The van der Waals surface area contributed by atoms with Gasteiger partial charge in [-0.15, -0.1) is 0 Å². The molecular formula is C16H18N2O4. The van der Waals surface area contributed by atoms with Crippen molar-refractivity contribution in [3.05, 3.63) is 52.9 Å². The second-order valence-corrected chi connectivity index (χ2v) is 5.08. The fourth-order valence-corrected chi connectivity index (χ4v) is 1.77. The molecule has 2 aromatic rings.